The van der Waals surface area contributed by atoms with Crippen LogP contribution in [0.15, 0.2) is 30.3 Å². The first-order chi connectivity index (χ1) is 11.1. The smallest absolute Gasteiger partial charge is 0.270 e. The molecular weight excluding hydrogens is 292 g/mol. The summed E-state index contributed by atoms with van der Waals surface area (Å²) in [6.07, 6.45) is 3.93. The molecule has 1 saturated heterocycles. The highest BCUT2D eigenvalue weighted by atomic mass is 16.6. The lowest BCUT2D eigenvalue weighted by atomic mass is 10.1. The molecule has 0 bridgehead atoms. The molecule has 6 nitrogen and oxygen atoms in total. The van der Waals surface area contributed by atoms with Gasteiger partial charge in [0.1, 0.15) is 5.82 Å². The SMILES string of the molecule is CC(CN1CCCCC1)Nc1ccc2cc([N+](=O)[O-])ccc2n1. The number of fused-ring (bicyclic) bond motifs is 1. The number of hydrogen-bond donors (Lipinski definition) is 1. The van der Waals surface area contributed by atoms with Gasteiger partial charge in [-0.2, -0.15) is 0 Å². The fraction of sp³-hybridized carbons (Fsp3) is 0.471. The topological polar surface area (TPSA) is 71.3 Å². The number of nitro groups is 1. The van der Waals surface area contributed by atoms with Crippen molar-refractivity contribution >= 4 is 22.4 Å². The van der Waals surface area contributed by atoms with Crippen LogP contribution in [0.25, 0.3) is 10.9 Å². The van der Waals surface area contributed by atoms with Gasteiger partial charge in [-0.3, -0.25) is 10.1 Å². The zero-order valence-corrected chi connectivity index (χ0v) is 13.4. The summed E-state index contributed by atoms with van der Waals surface area (Å²) < 4.78 is 0. The van der Waals surface area contributed by atoms with E-state index in [2.05, 4.69) is 22.1 Å². The largest absolute Gasteiger partial charge is 0.366 e. The maximum atomic E-state index is 10.8. The van der Waals surface area contributed by atoms with Crippen LogP contribution in [0, 0.1) is 10.1 Å². The van der Waals surface area contributed by atoms with E-state index in [1.54, 1.807) is 12.1 Å². The van der Waals surface area contributed by atoms with Crippen molar-refractivity contribution in [3.63, 3.8) is 0 Å². The second-order valence-corrected chi connectivity index (χ2v) is 6.24. The van der Waals surface area contributed by atoms with Crippen molar-refractivity contribution in [1.82, 2.24) is 9.88 Å². The molecule has 1 aromatic carbocycles. The Balaban J connectivity index is 1.67. The van der Waals surface area contributed by atoms with Gasteiger partial charge in [0, 0.05) is 30.1 Å². The first kappa shape index (κ1) is 15.7. The third-order valence-corrected chi connectivity index (χ3v) is 4.26. The van der Waals surface area contributed by atoms with E-state index >= 15 is 0 Å². The molecule has 3 rings (SSSR count). The number of rotatable bonds is 5. The van der Waals surface area contributed by atoms with E-state index < -0.39 is 0 Å². The summed E-state index contributed by atoms with van der Waals surface area (Å²) in [6, 6.07) is 8.84. The van der Waals surface area contributed by atoms with Gasteiger partial charge >= 0.3 is 0 Å². The molecule has 0 saturated carbocycles. The van der Waals surface area contributed by atoms with Crippen molar-refractivity contribution in [2.75, 3.05) is 25.0 Å². The monoisotopic (exact) mass is 314 g/mol. The fourth-order valence-electron chi connectivity index (χ4n) is 3.13. The second-order valence-electron chi connectivity index (χ2n) is 6.24. The van der Waals surface area contributed by atoms with Gasteiger partial charge in [-0.1, -0.05) is 6.42 Å². The third kappa shape index (κ3) is 3.96. The van der Waals surface area contributed by atoms with Crippen LogP contribution in [0.4, 0.5) is 11.5 Å². The zero-order chi connectivity index (χ0) is 16.2. The number of non-ortho nitro benzene ring substituents is 1. The van der Waals surface area contributed by atoms with E-state index in [1.165, 1.54) is 38.4 Å². The molecule has 6 heteroatoms. The maximum Gasteiger partial charge on any atom is 0.270 e. The molecule has 0 spiro atoms. The van der Waals surface area contributed by atoms with Crippen LogP contribution in [0.1, 0.15) is 26.2 Å². The van der Waals surface area contributed by atoms with Crippen molar-refractivity contribution in [3.05, 3.63) is 40.4 Å². The van der Waals surface area contributed by atoms with Gasteiger partial charge in [0.2, 0.25) is 0 Å². The summed E-state index contributed by atoms with van der Waals surface area (Å²) in [5.74, 6) is 0.816. The zero-order valence-electron chi connectivity index (χ0n) is 13.4. The van der Waals surface area contributed by atoms with E-state index in [4.69, 9.17) is 0 Å². The maximum absolute atomic E-state index is 10.8. The van der Waals surface area contributed by atoms with E-state index in [-0.39, 0.29) is 10.6 Å². The Kier molecular flexibility index (Phi) is 4.71. The van der Waals surface area contributed by atoms with Gasteiger partial charge in [-0.05, 0) is 51.1 Å². The minimum atomic E-state index is -0.383. The van der Waals surface area contributed by atoms with Crippen LogP contribution in [0.3, 0.4) is 0 Å². The first-order valence-electron chi connectivity index (χ1n) is 8.16. The van der Waals surface area contributed by atoms with E-state index in [1.807, 2.05) is 12.1 Å². The number of piperidine rings is 1. The van der Waals surface area contributed by atoms with Crippen molar-refractivity contribution in [3.8, 4) is 0 Å². The number of nitro benzene ring substituents is 1. The normalized spacial score (nSPS) is 17.1. The van der Waals surface area contributed by atoms with Crippen LogP contribution in [-0.2, 0) is 0 Å². The Hall–Kier alpha value is -2.21. The van der Waals surface area contributed by atoms with Gasteiger partial charge in [0.05, 0.1) is 10.4 Å². The van der Waals surface area contributed by atoms with Gasteiger partial charge in [-0.25, -0.2) is 4.98 Å². The number of nitrogens with one attached hydrogen (secondary N) is 1. The molecule has 122 valence electrons. The highest BCUT2D eigenvalue weighted by Crippen LogP contribution is 2.21. The molecule has 0 amide bonds. The molecule has 2 aromatic rings. The quantitative estimate of drug-likeness (QED) is 0.676. The van der Waals surface area contributed by atoms with Crippen LogP contribution in [0.2, 0.25) is 0 Å². The first-order valence-corrected chi connectivity index (χ1v) is 8.16. The number of likely N-dealkylation sites (tertiary alicyclic amines) is 1. The predicted molar refractivity (Wildman–Crippen MR) is 91.8 cm³/mol. The fourth-order valence-corrected chi connectivity index (χ4v) is 3.13. The Morgan fingerprint density at radius 3 is 2.78 bits per heavy atom. The molecule has 0 radical (unpaired) electrons. The summed E-state index contributed by atoms with van der Waals surface area (Å²) in [4.78, 5) is 17.5. The minimum Gasteiger partial charge on any atom is -0.366 e. The Bertz CT molecular complexity index is 698. The average molecular weight is 314 g/mol. The van der Waals surface area contributed by atoms with Crippen LogP contribution < -0.4 is 5.32 Å². The average Bonchev–Trinajstić information content (AvgIpc) is 2.55. The molecule has 1 atom stereocenters. The molecule has 1 aliphatic heterocycles. The second kappa shape index (κ2) is 6.91. The van der Waals surface area contributed by atoms with Gasteiger partial charge in [0.25, 0.3) is 5.69 Å². The van der Waals surface area contributed by atoms with Crippen molar-refractivity contribution in [2.24, 2.45) is 0 Å². The molecule has 2 heterocycles. The van der Waals surface area contributed by atoms with Gasteiger partial charge in [-0.15, -0.1) is 0 Å². The molecule has 1 N–H and O–H groups in total. The summed E-state index contributed by atoms with van der Waals surface area (Å²) in [5.41, 5.74) is 0.865. The summed E-state index contributed by atoms with van der Waals surface area (Å²) in [7, 11) is 0. The number of pyridine rings is 1. The van der Waals surface area contributed by atoms with E-state index in [0.717, 1.165) is 23.3 Å². The number of nitrogens with zero attached hydrogens (tertiary/aromatic N) is 3. The van der Waals surface area contributed by atoms with Crippen molar-refractivity contribution in [2.45, 2.75) is 32.2 Å². The van der Waals surface area contributed by atoms with Crippen LogP contribution >= 0.6 is 0 Å². The summed E-state index contributed by atoms with van der Waals surface area (Å²) in [5, 5.41) is 15.0. The molecule has 23 heavy (non-hydrogen) atoms. The minimum absolute atomic E-state index is 0.0958. The number of aromatic nitrogens is 1. The van der Waals surface area contributed by atoms with E-state index in [9.17, 15) is 10.1 Å². The number of benzene rings is 1. The van der Waals surface area contributed by atoms with Gasteiger partial charge < -0.3 is 10.2 Å². The van der Waals surface area contributed by atoms with E-state index in [0.29, 0.717) is 6.04 Å². The molecule has 1 unspecified atom stereocenters. The number of hydrogen-bond acceptors (Lipinski definition) is 5. The van der Waals surface area contributed by atoms with Crippen molar-refractivity contribution in [1.29, 1.82) is 0 Å². The Labute approximate surface area is 135 Å². The third-order valence-electron chi connectivity index (χ3n) is 4.26. The van der Waals surface area contributed by atoms with Gasteiger partial charge in [0.15, 0.2) is 0 Å². The molecular formula is C17H22N4O2. The molecule has 0 aliphatic carbocycles. The lowest BCUT2D eigenvalue weighted by Gasteiger charge is -2.29. The molecule has 1 fully saturated rings. The van der Waals surface area contributed by atoms with Crippen molar-refractivity contribution < 1.29 is 4.92 Å². The predicted octanol–water partition coefficient (Wildman–Crippen LogP) is 3.43. The Morgan fingerprint density at radius 2 is 2.04 bits per heavy atom. The molecule has 1 aromatic heterocycles. The summed E-state index contributed by atoms with van der Waals surface area (Å²) >= 11 is 0. The van der Waals surface area contributed by atoms with Crippen LogP contribution in [0.5, 0.6) is 0 Å². The highest BCUT2D eigenvalue weighted by molar-refractivity contribution is 5.82. The van der Waals surface area contributed by atoms with Crippen LogP contribution in [-0.4, -0.2) is 40.5 Å². The summed E-state index contributed by atoms with van der Waals surface area (Å²) in [6.45, 7) is 5.54. The highest BCUT2D eigenvalue weighted by Gasteiger charge is 2.14. The standard InChI is InChI=1S/C17H22N4O2/c1-13(12-20-9-3-2-4-10-20)18-17-8-5-14-11-15(21(22)23)6-7-16(14)19-17/h5-8,11,13H,2-4,9-10,12H2,1H3,(H,18,19). The Morgan fingerprint density at radius 1 is 1.26 bits per heavy atom. The number of anilines is 1. The lowest BCUT2D eigenvalue weighted by molar-refractivity contribution is -0.384. The molecule has 1 aliphatic rings. The lowest BCUT2D eigenvalue weighted by Crippen LogP contribution is -2.38.